The van der Waals surface area contributed by atoms with Gasteiger partial charge in [-0.1, -0.05) is 0 Å². The molecule has 0 bridgehead atoms. The summed E-state index contributed by atoms with van der Waals surface area (Å²) < 4.78 is 18.2. The number of aromatic nitrogens is 4. The molecule has 116 valence electrons. The maximum Gasteiger partial charge on any atom is 0.229 e. The first kappa shape index (κ1) is 14.6. The second kappa shape index (κ2) is 6.18. The molecule has 0 radical (unpaired) electrons. The van der Waals surface area contributed by atoms with Crippen LogP contribution in [-0.2, 0) is 16.0 Å². The van der Waals surface area contributed by atoms with Gasteiger partial charge in [-0.2, -0.15) is 5.10 Å². The van der Waals surface area contributed by atoms with E-state index in [1.807, 2.05) is 0 Å². The van der Waals surface area contributed by atoms with Gasteiger partial charge < -0.3 is 9.64 Å². The van der Waals surface area contributed by atoms with Crippen LogP contribution in [0.5, 0.6) is 0 Å². The Kier molecular flexibility index (Phi) is 4.10. The van der Waals surface area contributed by atoms with Gasteiger partial charge in [-0.15, -0.1) is 0 Å². The summed E-state index contributed by atoms with van der Waals surface area (Å²) in [6.45, 7) is 0.488. The molecule has 3 heterocycles. The van der Waals surface area contributed by atoms with Gasteiger partial charge >= 0.3 is 0 Å². The third-order valence-electron chi connectivity index (χ3n) is 3.79. The smallest absolute Gasteiger partial charge is 0.229 e. The normalized spacial score (nSPS) is 21.3. The lowest BCUT2D eigenvalue weighted by Gasteiger charge is -2.22. The number of pyridine rings is 1. The third kappa shape index (κ3) is 2.96. The molecule has 0 unspecified atom stereocenters. The molecule has 0 aliphatic carbocycles. The summed E-state index contributed by atoms with van der Waals surface area (Å²) in [5.41, 5.74) is 0.531. The van der Waals surface area contributed by atoms with Crippen LogP contribution in [0.25, 0.3) is 0 Å². The van der Waals surface area contributed by atoms with E-state index in [-0.39, 0.29) is 24.5 Å². The van der Waals surface area contributed by atoms with E-state index < -0.39 is 5.82 Å². The van der Waals surface area contributed by atoms with Gasteiger partial charge in [0.15, 0.2) is 0 Å². The molecule has 22 heavy (non-hydrogen) atoms. The fraction of sp³-hybridized carbons (Fsp3) is 0.429. The van der Waals surface area contributed by atoms with Crippen molar-refractivity contribution >= 4 is 5.91 Å². The van der Waals surface area contributed by atoms with E-state index in [0.29, 0.717) is 24.5 Å². The Morgan fingerprint density at radius 1 is 1.50 bits per heavy atom. The summed E-state index contributed by atoms with van der Waals surface area (Å²) in [7, 11) is 1.62. The molecule has 8 heteroatoms. The van der Waals surface area contributed by atoms with Crippen molar-refractivity contribution in [2.45, 2.75) is 25.0 Å². The number of halogens is 1. The van der Waals surface area contributed by atoms with Crippen LogP contribution in [0, 0.1) is 5.82 Å². The first-order valence-corrected chi connectivity index (χ1v) is 6.95. The van der Waals surface area contributed by atoms with Crippen molar-refractivity contribution in [2.24, 2.45) is 0 Å². The van der Waals surface area contributed by atoms with Gasteiger partial charge in [0.05, 0.1) is 24.8 Å². The predicted molar refractivity (Wildman–Crippen MR) is 74.1 cm³/mol. The molecule has 1 aliphatic rings. The average Bonchev–Trinajstić information content (AvgIpc) is 3.18. The molecule has 2 aromatic rings. The lowest BCUT2D eigenvalue weighted by atomic mass is 10.1. The quantitative estimate of drug-likeness (QED) is 0.906. The van der Waals surface area contributed by atoms with E-state index in [9.17, 15) is 9.18 Å². The van der Waals surface area contributed by atoms with Crippen molar-refractivity contribution < 1.29 is 13.9 Å². The Morgan fingerprint density at radius 3 is 3.00 bits per heavy atom. The minimum atomic E-state index is -0.420. The van der Waals surface area contributed by atoms with Crippen LogP contribution in [0.3, 0.4) is 0 Å². The molecule has 1 aliphatic heterocycles. The molecule has 1 saturated heterocycles. The predicted octanol–water partition coefficient (Wildman–Crippen LogP) is 0.870. The first-order valence-electron chi connectivity index (χ1n) is 6.95. The summed E-state index contributed by atoms with van der Waals surface area (Å²) >= 11 is 0. The van der Waals surface area contributed by atoms with Crippen molar-refractivity contribution in [3.8, 4) is 0 Å². The van der Waals surface area contributed by atoms with E-state index in [2.05, 4.69) is 20.2 Å². The fourth-order valence-electron chi connectivity index (χ4n) is 2.65. The lowest BCUT2D eigenvalue weighted by molar-refractivity contribution is -0.132. The zero-order chi connectivity index (χ0) is 15.5. The maximum atomic E-state index is 12.9. The molecule has 2 atom stereocenters. The number of hydrogen-bond donors (Lipinski definition) is 1. The second-order valence-electron chi connectivity index (χ2n) is 5.17. The van der Waals surface area contributed by atoms with Gasteiger partial charge in [0, 0.05) is 25.8 Å². The first-order chi connectivity index (χ1) is 10.7. The van der Waals surface area contributed by atoms with Crippen LogP contribution < -0.4 is 0 Å². The Bertz CT molecular complexity index is 631. The third-order valence-corrected chi connectivity index (χ3v) is 3.79. The summed E-state index contributed by atoms with van der Waals surface area (Å²) in [6, 6.07) is 2.62. The Labute approximate surface area is 126 Å². The number of nitrogens with one attached hydrogen (secondary N) is 1. The SMILES string of the molecule is CO[C@@H]1C[C@@H](c2ncn[nH]2)N(C(=O)Cc2ccc(F)cn2)C1. The number of H-pyrrole nitrogens is 1. The molecule has 0 saturated carbocycles. The van der Waals surface area contributed by atoms with Crippen molar-refractivity contribution in [2.75, 3.05) is 13.7 Å². The Balaban J connectivity index is 1.75. The summed E-state index contributed by atoms with van der Waals surface area (Å²) in [5.74, 6) is 0.122. The average molecular weight is 305 g/mol. The summed E-state index contributed by atoms with van der Waals surface area (Å²) in [5, 5.41) is 6.64. The van der Waals surface area contributed by atoms with Crippen molar-refractivity contribution in [1.29, 1.82) is 0 Å². The van der Waals surface area contributed by atoms with E-state index in [0.717, 1.165) is 6.20 Å². The molecular weight excluding hydrogens is 289 g/mol. The summed E-state index contributed by atoms with van der Waals surface area (Å²) in [4.78, 5) is 22.3. The maximum absolute atomic E-state index is 12.9. The van der Waals surface area contributed by atoms with Gasteiger partial charge in [-0.3, -0.25) is 14.9 Å². The molecular formula is C14H16FN5O2. The number of carbonyl (C=O) groups excluding carboxylic acids is 1. The van der Waals surface area contributed by atoms with E-state index in [1.165, 1.54) is 18.5 Å². The second-order valence-corrected chi connectivity index (χ2v) is 5.17. The molecule has 0 spiro atoms. The number of aromatic amines is 1. The standard InChI is InChI=1S/C14H16FN5O2/c1-22-11-5-12(14-17-8-18-19-14)20(7-11)13(21)4-10-3-2-9(15)6-16-10/h2-3,6,8,11-12H,4-5,7H2,1H3,(H,17,18,19)/t11-,12+/m1/s1. The number of carbonyl (C=O) groups is 1. The fourth-order valence-corrected chi connectivity index (χ4v) is 2.65. The van der Waals surface area contributed by atoms with E-state index >= 15 is 0 Å². The van der Waals surface area contributed by atoms with Crippen molar-refractivity contribution in [3.63, 3.8) is 0 Å². The van der Waals surface area contributed by atoms with Crippen LogP contribution >= 0.6 is 0 Å². The number of amides is 1. The van der Waals surface area contributed by atoms with Crippen molar-refractivity contribution in [1.82, 2.24) is 25.1 Å². The number of hydrogen-bond acceptors (Lipinski definition) is 5. The van der Waals surface area contributed by atoms with Gasteiger partial charge in [0.25, 0.3) is 0 Å². The zero-order valence-electron chi connectivity index (χ0n) is 12.1. The number of nitrogens with zero attached hydrogens (tertiary/aromatic N) is 4. The molecule has 1 amide bonds. The monoisotopic (exact) mass is 305 g/mol. The van der Waals surface area contributed by atoms with Crippen LogP contribution in [0.2, 0.25) is 0 Å². The van der Waals surface area contributed by atoms with Crippen LogP contribution in [0.15, 0.2) is 24.7 Å². The number of methoxy groups -OCH3 is 1. The minimum Gasteiger partial charge on any atom is -0.380 e. The zero-order valence-corrected chi connectivity index (χ0v) is 12.1. The van der Waals surface area contributed by atoms with Crippen molar-refractivity contribution in [3.05, 3.63) is 42.0 Å². The van der Waals surface area contributed by atoms with Gasteiger partial charge in [0.2, 0.25) is 5.91 Å². The number of likely N-dealkylation sites (tertiary alicyclic amines) is 1. The van der Waals surface area contributed by atoms with Gasteiger partial charge in [0.1, 0.15) is 18.0 Å². The van der Waals surface area contributed by atoms with E-state index in [1.54, 1.807) is 12.0 Å². The van der Waals surface area contributed by atoms with E-state index in [4.69, 9.17) is 4.74 Å². The number of ether oxygens (including phenoxy) is 1. The summed E-state index contributed by atoms with van der Waals surface area (Å²) in [6.07, 6.45) is 3.26. The molecule has 3 rings (SSSR count). The Hall–Kier alpha value is -2.35. The number of rotatable bonds is 4. The highest BCUT2D eigenvalue weighted by molar-refractivity contribution is 5.79. The molecule has 7 nitrogen and oxygen atoms in total. The highest BCUT2D eigenvalue weighted by atomic mass is 19.1. The van der Waals surface area contributed by atoms with Crippen LogP contribution in [0.1, 0.15) is 24.0 Å². The lowest BCUT2D eigenvalue weighted by Crippen LogP contribution is -2.33. The van der Waals surface area contributed by atoms with Crippen LogP contribution in [0.4, 0.5) is 4.39 Å². The van der Waals surface area contributed by atoms with Gasteiger partial charge in [-0.25, -0.2) is 9.37 Å². The topological polar surface area (TPSA) is 84.0 Å². The largest absolute Gasteiger partial charge is 0.380 e. The molecule has 1 fully saturated rings. The van der Waals surface area contributed by atoms with Crippen LogP contribution in [-0.4, -0.2) is 50.7 Å². The molecule has 1 N–H and O–H groups in total. The minimum absolute atomic E-state index is 0.0415. The highest BCUT2D eigenvalue weighted by Crippen LogP contribution is 2.31. The molecule has 0 aromatic carbocycles. The highest BCUT2D eigenvalue weighted by Gasteiger charge is 2.37. The Morgan fingerprint density at radius 2 is 2.36 bits per heavy atom. The molecule has 2 aromatic heterocycles. The van der Waals surface area contributed by atoms with Gasteiger partial charge in [-0.05, 0) is 12.1 Å².